The van der Waals surface area contributed by atoms with Crippen LogP contribution in [-0.4, -0.2) is 41.5 Å². The Kier molecular flexibility index (Phi) is 4.72. The second-order valence-corrected chi connectivity index (χ2v) is 6.60. The van der Waals surface area contributed by atoms with Gasteiger partial charge in [0, 0.05) is 17.6 Å². The van der Waals surface area contributed by atoms with E-state index in [9.17, 15) is 9.18 Å². The van der Waals surface area contributed by atoms with Crippen molar-refractivity contribution in [1.82, 2.24) is 4.90 Å². The average Bonchev–Trinajstić information content (AvgIpc) is 2.36. The molecule has 1 aliphatic rings. The van der Waals surface area contributed by atoms with E-state index in [1.165, 1.54) is 6.07 Å². The molecule has 1 saturated heterocycles. The van der Waals surface area contributed by atoms with Gasteiger partial charge in [0.15, 0.2) is 0 Å². The van der Waals surface area contributed by atoms with Gasteiger partial charge >= 0.3 is 0 Å². The lowest BCUT2D eigenvalue weighted by molar-refractivity contribution is -0.117. The largest absolute Gasteiger partial charge is 0.367 e. The van der Waals surface area contributed by atoms with Gasteiger partial charge in [-0.1, -0.05) is 6.07 Å². The maximum absolute atomic E-state index is 13.9. The Labute approximate surface area is 131 Å². The lowest BCUT2D eigenvalue weighted by Gasteiger charge is -2.42. The van der Waals surface area contributed by atoms with Crippen LogP contribution >= 0.6 is 27.5 Å². The molecule has 1 atom stereocenters. The molecule has 1 aromatic rings. The number of nitrogens with zero attached hydrogens (tertiary/aromatic N) is 1. The van der Waals surface area contributed by atoms with Gasteiger partial charge in [-0.3, -0.25) is 4.79 Å². The van der Waals surface area contributed by atoms with Crippen LogP contribution in [0.15, 0.2) is 22.7 Å². The highest BCUT2D eigenvalue weighted by Crippen LogP contribution is 2.26. The van der Waals surface area contributed by atoms with Gasteiger partial charge in [-0.2, -0.15) is 0 Å². The third-order valence-corrected chi connectivity index (χ3v) is 4.12. The van der Waals surface area contributed by atoms with Crippen LogP contribution in [0, 0.1) is 5.82 Å². The number of benzene rings is 1. The van der Waals surface area contributed by atoms with Crippen molar-refractivity contribution < 1.29 is 13.9 Å². The van der Waals surface area contributed by atoms with E-state index in [4.69, 9.17) is 16.3 Å². The first-order valence-electron chi connectivity index (χ1n) is 6.31. The third kappa shape index (κ3) is 3.32. The van der Waals surface area contributed by atoms with Crippen LogP contribution in [0.1, 0.15) is 24.2 Å². The van der Waals surface area contributed by atoms with Gasteiger partial charge in [-0.05, 0) is 41.9 Å². The summed E-state index contributed by atoms with van der Waals surface area (Å²) in [7, 11) is 0. The Hall–Kier alpha value is -0.650. The maximum atomic E-state index is 13.9. The van der Waals surface area contributed by atoms with Crippen LogP contribution in [-0.2, 0) is 4.74 Å². The Balaban J connectivity index is 2.28. The monoisotopic (exact) mass is 363 g/mol. The second-order valence-electron chi connectivity index (χ2n) is 5.44. The predicted molar refractivity (Wildman–Crippen MR) is 79.7 cm³/mol. The molecular formula is C14H16BrClFNO2. The summed E-state index contributed by atoms with van der Waals surface area (Å²) in [5.41, 5.74) is -0.441. The van der Waals surface area contributed by atoms with Crippen LogP contribution in [0.3, 0.4) is 0 Å². The first-order valence-corrected chi connectivity index (χ1v) is 7.64. The molecule has 1 heterocycles. The Bertz CT molecular complexity index is 504. The molecular weight excluding hydrogens is 349 g/mol. The first-order chi connectivity index (χ1) is 9.34. The molecule has 1 fully saturated rings. The molecule has 0 spiro atoms. The second kappa shape index (κ2) is 6.00. The number of rotatable bonds is 2. The van der Waals surface area contributed by atoms with E-state index in [0.717, 1.165) is 0 Å². The fourth-order valence-electron chi connectivity index (χ4n) is 2.39. The van der Waals surface area contributed by atoms with Gasteiger partial charge in [-0.15, -0.1) is 11.6 Å². The smallest absolute Gasteiger partial charge is 0.258 e. The third-order valence-electron chi connectivity index (χ3n) is 3.12. The highest BCUT2D eigenvalue weighted by atomic mass is 79.9. The minimum Gasteiger partial charge on any atom is -0.367 e. The van der Waals surface area contributed by atoms with Crippen molar-refractivity contribution in [3.63, 3.8) is 0 Å². The van der Waals surface area contributed by atoms with Crippen LogP contribution in [0.4, 0.5) is 4.39 Å². The summed E-state index contributed by atoms with van der Waals surface area (Å²) in [5.74, 6) is -0.580. The Morgan fingerprint density at radius 2 is 2.30 bits per heavy atom. The maximum Gasteiger partial charge on any atom is 0.258 e. The summed E-state index contributed by atoms with van der Waals surface area (Å²) >= 11 is 9.07. The predicted octanol–water partition coefficient (Wildman–Crippen LogP) is 3.45. The zero-order chi connectivity index (χ0) is 14.9. The van der Waals surface area contributed by atoms with Gasteiger partial charge in [0.1, 0.15) is 5.82 Å². The number of amides is 1. The molecule has 0 saturated carbocycles. The molecule has 0 aliphatic carbocycles. The normalized spacial score (nSPS) is 21.9. The van der Waals surface area contributed by atoms with E-state index in [-0.39, 0.29) is 17.6 Å². The minimum absolute atomic E-state index is 0.0542. The Morgan fingerprint density at radius 3 is 2.90 bits per heavy atom. The van der Waals surface area contributed by atoms with Crippen molar-refractivity contribution in [2.75, 3.05) is 19.0 Å². The van der Waals surface area contributed by atoms with Gasteiger partial charge in [0.05, 0.1) is 23.1 Å². The van der Waals surface area contributed by atoms with Gasteiger partial charge < -0.3 is 9.64 Å². The van der Waals surface area contributed by atoms with E-state index in [1.54, 1.807) is 17.0 Å². The molecule has 2 rings (SSSR count). The fraction of sp³-hybridized carbons (Fsp3) is 0.500. The SMILES string of the molecule is CC1(C)CN(C(=O)c2c(F)cccc2Br)CC(CCl)O1. The standard InChI is InChI=1S/C14H16BrClFNO2/c1-14(2)8-18(7-9(6-16)20-14)13(19)12-10(15)4-3-5-11(12)17/h3-5,9H,6-8H2,1-2H3. The van der Waals surface area contributed by atoms with Crippen LogP contribution in [0.2, 0.25) is 0 Å². The molecule has 1 aromatic carbocycles. The molecule has 110 valence electrons. The number of hydrogen-bond donors (Lipinski definition) is 0. The number of morpholine rings is 1. The molecule has 0 N–H and O–H groups in total. The van der Waals surface area contributed by atoms with Crippen LogP contribution in [0.5, 0.6) is 0 Å². The van der Waals surface area contributed by atoms with E-state index >= 15 is 0 Å². The molecule has 1 aliphatic heterocycles. The number of alkyl halides is 1. The summed E-state index contributed by atoms with van der Waals surface area (Å²) in [6, 6.07) is 4.49. The number of ether oxygens (including phenoxy) is 1. The molecule has 0 radical (unpaired) electrons. The quantitative estimate of drug-likeness (QED) is 0.752. The summed E-state index contributed by atoms with van der Waals surface area (Å²) in [6.45, 7) is 4.55. The van der Waals surface area contributed by atoms with Gasteiger partial charge in [-0.25, -0.2) is 4.39 Å². The van der Waals surface area contributed by atoms with Crippen molar-refractivity contribution in [1.29, 1.82) is 0 Å². The van der Waals surface area contributed by atoms with E-state index < -0.39 is 11.4 Å². The summed E-state index contributed by atoms with van der Waals surface area (Å²) in [6.07, 6.45) is -0.241. The van der Waals surface area contributed by atoms with Crippen LogP contribution < -0.4 is 0 Å². The number of carbonyl (C=O) groups excluding carboxylic acids is 1. The average molecular weight is 365 g/mol. The highest BCUT2D eigenvalue weighted by molar-refractivity contribution is 9.10. The van der Waals surface area contributed by atoms with E-state index in [1.807, 2.05) is 13.8 Å². The van der Waals surface area contributed by atoms with Crippen molar-refractivity contribution in [2.45, 2.75) is 25.6 Å². The number of hydrogen-bond acceptors (Lipinski definition) is 2. The summed E-state index contributed by atoms with van der Waals surface area (Å²) < 4.78 is 20.1. The summed E-state index contributed by atoms with van der Waals surface area (Å²) in [5, 5.41) is 0. The summed E-state index contributed by atoms with van der Waals surface area (Å²) in [4.78, 5) is 14.1. The molecule has 0 aromatic heterocycles. The lowest BCUT2D eigenvalue weighted by Crippen LogP contribution is -2.55. The Morgan fingerprint density at radius 1 is 1.60 bits per heavy atom. The van der Waals surface area contributed by atoms with E-state index in [0.29, 0.717) is 23.4 Å². The van der Waals surface area contributed by atoms with Crippen molar-refractivity contribution in [3.8, 4) is 0 Å². The zero-order valence-corrected chi connectivity index (χ0v) is 13.7. The molecule has 6 heteroatoms. The topological polar surface area (TPSA) is 29.5 Å². The van der Waals surface area contributed by atoms with Crippen molar-refractivity contribution in [2.24, 2.45) is 0 Å². The van der Waals surface area contributed by atoms with E-state index in [2.05, 4.69) is 15.9 Å². The van der Waals surface area contributed by atoms with Gasteiger partial charge in [0.25, 0.3) is 5.91 Å². The van der Waals surface area contributed by atoms with Gasteiger partial charge in [0.2, 0.25) is 0 Å². The highest BCUT2D eigenvalue weighted by Gasteiger charge is 2.36. The van der Waals surface area contributed by atoms with Crippen molar-refractivity contribution >= 4 is 33.4 Å². The molecule has 20 heavy (non-hydrogen) atoms. The molecule has 0 bridgehead atoms. The zero-order valence-electron chi connectivity index (χ0n) is 11.3. The lowest BCUT2D eigenvalue weighted by atomic mass is 10.0. The minimum atomic E-state index is -0.531. The molecule has 3 nitrogen and oxygen atoms in total. The number of halogens is 3. The fourth-order valence-corrected chi connectivity index (χ4v) is 3.06. The van der Waals surface area contributed by atoms with Crippen LogP contribution in [0.25, 0.3) is 0 Å². The number of carbonyl (C=O) groups is 1. The van der Waals surface area contributed by atoms with Crippen molar-refractivity contribution in [3.05, 3.63) is 34.1 Å². The first kappa shape index (κ1) is 15.7. The molecule has 1 unspecified atom stereocenters. The molecule has 1 amide bonds.